The summed E-state index contributed by atoms with van der Waals surface area (Å²) in [6.45, 7) is 0. The van der Waals surface area contributed by atoms with Crippen LogP contribution in [0.1, 0.15) is 42.1 Å². The maximum absolute atomic E-state index is 6.50. The molecule has 0 radical (unpaired) electrons. The Hall–Kier alpha value is -1.13. The molecule has 0 unspecified atom stereocenters. The average Bonchev–Trinajstić information content (AvgIpc) is 3.05. The van der Waals surface area contributed by atoms with Crippen molar-refractivity contribution in [2.45, 2.75) is 44.1 Å². The van der Waals surface area contributed by atoms with E-state index in [1.54, 1.807) is 0 Å². The van der Waals surface area contributed by atoms with Crippen molar-refractivity contribution in [2.75, 3.05) is 0 Å². The lowest BCUT2D eigenvalue weighted by Crippen LogP contribution is -2.34. The summed E-state index contributed by atoms with van der Waals surface area (Å²) in [5, 5.41) is 2.17. The first-order chi connectivity index (χ1) is 8.76. The van der Waals surface area contributed by atoms with E-state index in [9.17, 15) is 0 Å². The molecule has 2 aromatic heterocycles. The predicted octanol–water partition coefficient (Wildman–Crippen LogP) is 2.96. The fourth-order valence-corrected chi connectivity index (χ4v) is 4.16. The third-order valence-corrected chi connectivity index (χ3v) is 5.33. The zero-order valence-electron chi connectivity index (χ0n) is 10.3. The van der Waals surface area contributed by atoms with Gasteiger partial charge in [0.1, 0.15) is 5.82 Å². The molecule has 4 heteroatoms. The van der Waals surface area contributed by atoms with E-state index < -0.39 is 0 Å². The minimum atomic E-state index is -0.201. The second-order valence-corrected chi connectivity index (χ2v) is 6.53. The first-order valence-electron chi connectivity index (χ1n) is 6.71. The summed E-state index contributed by atoms with van der Waals surface area (Å²) in [7, 11) is 0. The molecule has 1 fully saturated rings. The maximum Gasteiger partial charge on any atom is 0.127 e. The first-order valence-corrected chi connectivity index (χ1v) is 7.59. The van der Waals surface area contributed by atoms with Crippen molar-refractivity contribution in [2.24, 2.45) is 5.73 Å². The van der Waals surface area contributed by atoms with E-state index in [1.807, 2.05) is 11.3 Å². The van der Waals surface area contributed by atoms with Crippen LogP contribution in [0.15, 0.2) is 11.4 Å². The number of H-pyrrole nitrogens is 1. The highest BCUT2D eigenvalue weighted by molar-refractivity contribution is 7.10. The topological polar surface area (TPSA) is 54.7 Å². The summed E-state index contributed by atoms with van der Waals surface area (Å²) in [5.74, 6) is 1.02. The molecule has 0 spiro atoms. The Balaban J connectivity index is 1.82. The van der Waals surface area contributed by atoms with Gasteiger partial charge in [0.15, 0.2) is 0 Å². The number of hydrogen-bond donors (Lipinski definition) is 2. The van der Waals surface area contributed by atoms with Crippen molar-refractivity contribution in [3.63, 3.8) is 0 Å². The molecule has 2 heterocycles. The molecule has 0 atom stereocenters. The third-order valence-electron chi connectivity index (χ3n) is 4.35. The number of aromatic amines is 1. The number of thiophene rings is 1. The molecule has 2 aliphatic carbocycles. The molecule has 0 bridgehead atoms. The van der Waals surface area contributed by atoms with Crippen LogP contribution >= 0.6 is 11.3 Å². The smallest absolute Gasteiger partial charge is 0.127 e. The van der Waals surface area contributed by atoms with Gasteiger partial charge in [0.2, 0.25) is 0 Å². The third kappa shape index (κ3) is 1.42. The number of nitrogens with one attached hydrogen (secondary N) is 1. The molecule has 3 N–H and O–H groups in total. The minimum absolute atomic E-state index is 0.201. The van der Waals surface area contributed by atoms with E-state index in [0.29, 0.717) is 0 Å². The van der Waals surface area contributed by atoms with E-state index >= 15 is 0 Å². The summed E-state index contributed by atoms with van der Waals surface area (Å²) < 4.78 is 0. The summed E-state index contributed by atoms with van der Waals surface area (Å²) in [6.07, 6.45) is 6.80. The minimum Gasteiger partial charge on any atom is -0.344 e. The Morgan fingerprint density at radius 1 is 1.28 bits per heavy atom. The van der Waals surface area contributed by atoms with Crippen molar-refractivity contribution >= 4 is 11.3 Å². The Kier molecular flexibility index (Phi) is 2.20. The molecule has 2 aromatic rings. The first kappa shape index (κ1) is 10.8. The molecule has 3 nitrogen and oxygen atoms in total. The average molecular weight is 259 g/mol. The monoisotopic (exact) mass is 259 g/mol. The van der Waals surface area contributed by atoms with Crippen molar-refractivity contribution in [1.29, 1.82) is 0 Å². The molecule has 0 aromatic carbocycles. The maximum atomic E-state index is 6.50. The van der Waals surface area contributed by atoms with Crippen LogP contribution in [-0.4, -0.2) is 9.97 Å². The van der Waals surface area contributed by atoms with Gasteiger partial charge in [-0.3, -0.25) is 0 Å². The summed E-state index contributed by atoms with van der Waals surface area (Å²) in [4.78, 5) is 9.83. The van der Waals surface area contributed by atoms with Crippen molar-refractivity contribution in [3.05, 3.63) is 27.8 Å². The van der Waals surface area contributed by atoms with E-state index in [1.165, 1.54) is 29.0 Å². The second kappa shape index (κ2) is 3.68. The van der Waals surface area contributed by atoms with Gasteiger partial charge < -0.3 is 10.7 Å². The van der Waals surface area contributed by atoms with E-state index in [4.69, 9.17) is 10.7 Å². The molecule has 0 saturated heterocycles. The largest absolute Gasteiger partial charge is 0.344 e. The number of rotatable bonds is 1. The van der Waals surface area contributed by atoms with Gasteiger partial charge in [0.25, 0.3) is 0 Å². The predicted molar refractivity (Wildman–Crippen MR) is 73.6 cm³/mol. The second-order valence-electron chi connectivity index (χ2n) is 5.53. The summed E-state index contributed by atoms with van der Waals surface area (Å²) in [6, 6.07) is 2.19. The zero-order chi connectivity index (χ0) is 12.2. The lowest BCUT2D eigenvalue weighted by atomic mass is 9.99. The number of nitrogens with zero attached hydrogens (tertiary/aromatic N) is 1. The number of fused-ring (bicyclic) bond motifs is 3. The van der Waals surface area contributed by atoms with E-state index in [2.05, 4.69) is 16.4 Å². The lowest BCUT2D eigenvalue weighted by Gasteiger charge is -2.20. The quantitative estimate of drug-likeness (QED) is 0.827. The number of hydrogen-bond acceptors (Lipinski definition) is 3. The molecular formula is C14H17N3S. The SMILES string of the molecule is NC1(c2nc3c([nH]2)CCc2sccc2-3)CCCC1. The fourth-order valence-electron chi connectivity index (χ4n) is 3.28. The van der Waals surface area contributed by atoms with Crippen LogP contribution in [0.25, 0.3) is 11.3 Å². The molecule has 94 valence electrons. The van der Waals surface area contributed by atoms with Crippen LogP contribution < -0.4 is 5.73 Å². The van der Waals surface area contributed by atoms with Crippen LogP contribution in [0.5, 0.6) is 0 Å². The molecule has 0 amide bonds. The number of nitrogens with two attached hydrogens (primary N) is 1. The normalized spacial score (nSPS) is 20.7. The highest BCUT2D eigenvalue weighted by atomic mass is 32.1. The van der Waals surface area contributed by atoms with Gasteiger partial charge in [0, 0.05) is 16.1 Å². The molecule has 4 rings (SSSR count). The highest BCUT2D eigenvalue weighted by Gasteiger charge is 2.35. The number of aromatic nitrogens is 2. The number of imidazole rings is 1. The fraction of sp³-hybridized carbons (Fsp3) is 0.500. The molecular weight excluding hydrogens is 242 g/mol. The Morgan fingerprint density at radius 2 is 2.11 bits per heavy atom. The Labute approximate surface area is 110 Å². The van der Waals surface area contributed by atoms with Crippen LogP contribution in [0.3, 0.4) is 0 Å². The van der Waals surface area contributed by atoms with Gasteiger partial charge in [-0.05, 0) is 37.1 Å². The van der Waals surface area contributed by atoms with Gasteiger partial charge in [-0.25, -0.2) is 4.98 Å². The van der Waals surface area contributed by atoms with E-state index in [-0.39, 0.29) is 5.54 Å². The standard InChI is InChI=1S/C14H17N3S/c15-14(6-1-2-7-14)13-16-10-3-4-11-9(5-8-18-11)12(10)17-13/h5,8H,1-4,6-7,15H2,(H,16,17). The van der Waals surface area contributed by atoms with Crippen LogP contribution in [-0.2, 0) is 18.4 Å². The van der Waals surface area contributed by atoms with Gasteiger partial charge in [0.05, 0.1) is 11.2 Å². The van der Waals surface area contributed by atoms with Crippen LogP contribution in [0.2, 0.25) is 0 Å². The van der Waals surface area contributed by atoms with Crippen LogP contribution in [0.4, 0.5) is 0 Å². The number of aryl methyl sites for hydroxylation is 2. The van der Waals surface area contributed by atoms with Gasteiger partial charge in [-0.15, -0.1) is 11.3 Å². The lowest BCUT2D eigenvalue weighted by molar-refractivity contribution is 0.435. The zero-order valence-corrected chi connectivity index (χ0v) is 11.1. The molecule has 18 heavy (non-hydrogen) atoms. The van der Waals surface area contributed by atoms with Crippen LogP contribution in [0, 0.1) is 0 Å². The Morgan fingerprint density at radius 3 is 2.94 bits per heavy atom. The van der Waals surface area contributed by atoms with Crippen molar-refractivity contribution < 1.29 is 0 Å². The highest BCUT2D eigenvalue weighted by Crippen LogP contribution is 2.40. The molecule has 0 aliphatic heterocycles. The van der Waals surface area contributed by atoms with Crippen molar-refractivity contribution in [3.8, 4) is 11.3 Å². The van der Waals surface area contributed by atoms with Gasteiger partial charge in [-0.1, -0.05) is 12.8 Å². The van der Waals surface area contributed by atoms with E-state index in [0.717, 1.165) is 37.2 Å². The summed E-state index contributed by atoms with van der Waals surface area (Å²) in [5.41, 5.74) is 10.1. The Bertz CT molecular complexity index is 590. The van der Waals surface area contributed by atoms with Gasteiger partial charge >= 0.3 is 0 Å². The van der Waals surface area contributed by atoms with Gasteiger partial charge in [-0.2, -0.15) is 0 Å². The molecule has 1 saturated carbocycles. The summed E-state index contributed by atoms with van der Waals surface area (Å²) >= 11 is 1.84. The molecule has 2 aliphatic rings. The van der Waals surface area contributed by atoms with Crippen molar-refractivity contribution in [1.82, 2.24) is 9.97 Å².